The normalized spacial score (nSPS) is 11.1. The van der Waals surface area contributed by atoms with Gasteiger partial charge in [-0.15, -0.1) is 0 Å². The number of urea groups is 1. The van der Waals surface area contributed by atoms with E-state index in [1.807, 2.05) is 0 Å². The van der Waals surface area contributed by atoms with E-state index in [1.54, 1.807) is 24.3 Å². The molecule has 0 saturated heterocycles. The van der Waals surface area contributed by atoms with Crippen LogP contribution in [0.15, 0.2) is 46.9 Å². The summed E-state index contributed by atoms with van der Waals surface area (Å²) in [6, 6.07) is 8.42. The molecule has 0 heterocycles. The van der Waals surface area contributed by atoms with Crippen LogP contribution in [0.3, 0.4) is 0 Å². The predicted molar refractivity (Wildman–Crippen MR) is 79.9 cm³/mol. The predicted octanol–water partition coefficient (Wildman–Crippen LogP) is 4.82. The molecule has 0 radical (unpaired) electrons. The minimum atomic E-state index is -4.56. The lowest BCUT2D eigenvalue weighted by atomic mass is 10.2. The molecule has 116 valence electrons. The second kappa shape index (κ2) is 6.27. The van der Waals surface area contributed by atoms with Crippen molar-refractivity contribution in [3.63, 3.8) is 0 Å². The van der Waals surface area contributed by atoms with E-state index in [2.05, 4.69) is 26.6 Å². The Bertz CT molecular complexity index is 705. The number of nitrogens with one attached hydrogen (secondary N) is 2. The van der Waals surface area contributed by atoms with Crippen molar-refractivity contribution < 1.29 is 23.1 Å². The highest BCUT2D eigenvalue weighted by Gasteiger charge is 2.31. The van der Waals surface area contributed by atoms with E-state index in [0.717, 1.165) is 12.1 Å². The van der Waals surface area contributed by atoms with Crippen molar-refractivity contribution in [1.29, 1.82) is 0 Å². The molecule has 2 amide bonds. The number of carbonyl (C=O) groups excluding carboxylic acids is 1. The van der Waals surface area contributed by atoms with Gasteiger partial charge in [-0.3, -0.25) is 0 Å². The zero-order chi connectivity index (χ0) is 16.3. The van der Waals surface area contributed by atoms with Crippen LogP contribution in [0.25, 0.3) is 0 Å². The van der Waals surface area contributed by atoms with Gasteiger partial charge in [0.1, 0.15) is 5.75 Å². The van der Waals surface area contributed by atoms with Gasteiger partial charge in [0, 0.05) is 4.47 Å². The molecule has 3 N–H and O–H groups in total. The van der Waals surface area contributed by atoms with Gasteiger partial charge >= 0.3 is 12.2 Å². The van der Waals surface area contributed by atoms with Crippen molar-refractivity contribution in [3.05, 3.63) is 52.5 Å². The fraction of sp³-hybridized carbons (Fsp3) is 0.0714. The van der Waals surface area contributed by atoms with Crippen LogP contribution in [0, 0.1) is 0 Å². The van der Waals surface area contributed by atoms with Crippen LogP contribution >= 0.6 is 15.9 Å². The number of anilines is 2. The van der Waals surface area contributed by atoms with Crippen LogP contribution in [0.5, 0.6) is 5.75 Å². The number of rotatable bonds is 2. The molecule has 4 nitrogen and oxygen atoms in total. The Morgan fingerprint density at radius 2 is 1.68 bits per heavy atom. The number of hydrogen-bond donors (Lipinski definition) is 3. The van der Waals surface area contributed by atoms with E-state index in [0.29, 0.717) is 16.2 Å². The molecule has 0 aliphatic rings. The van der Waals surface area contributed by atoms with Crippen LogP contribution in [-0.4, -0.2) is 11.1 Å². The molecule has 0 unspecified atom stereocenters. The summed E-state index contributed by atoms with van der Waals surface area (Å²) in [6.45, 7) is 0. The standard InChI is InChI=1S/C14H10BrF3N2O2/c15-9-3-1-2-4-10(9)19-13(22)20-11-6-5-8(7-12(11)21)14(16,17)18/h1-7,21H,(H2,19,20,22). The third-order valence-electron chi connectivity index (χ3n) is 2.70. The molecule has 0 aliphatic carbocycles. The number of hydrogen-bond acceptors (Lipinski definition) is 2. The summed E-state index contributed by atoms with van der Waals surface area (Å²) in [5.41, 5.74) is -0.647. The fourth-order valence-corrected chi connectivity index (χ4v) is 2.04. The van der Waals surface area contributed by atoms with Crippen LogP contribution in [0.2, 0.25) is 0 Å². The maximum atomic E-state index is 12.5. The molecular formula is C14H10BrF3N2O2. The van der Waals surface area contributed by atoms with Gasteiger partial charge in [-0.2, -0.15) is 13.2 Å². The summed E-state index contributed by atoms with van der Waals surface area (Å²) in [7, 11) is 0. The second-order valence-electron chi connectivity index (χ2n) is 4.29. The maximum absolute atomic E-state index is 12.5. The van der Waals surface area contributed by atoms with Gasteiger partial charge in [-0.25, -0.2) is 4.79 Å². The molecule has 0 fully saturated rings. The van der Waals surface area contributed by atoms with Crippen LogP contribution in [0.4, 0.5) is 29.3 Å². The first-order valence-electron chi connectivity index (χ1n) is 6.00. The van der Waals surface area contributed by atoms with E-state index < -0.39 is 23.5 Å². The molecule has 0 aliphatic heterocycles. The number of amides is 2. The molecule has 2 aromatic rings. The smallest absolute Gasteiger partial charge is 0.416 e. The molecule has 2 aromatic carbocycles. The third-order valence-corrected chi connectivity index (χ3v) is 3.39. The zero-order valence-corrected chi connectivity index (χ0v) is 12.5. The number of benzene rings is 2. The summed E-state index contributed by atoms with van der Waals surface area (Å²) in [6.07, 6.45) is -4.56. The van der Waals surface area contributed by atoms with E-state index >= 15 is 0 Å². The number of carbonyl (C=O) groups is 1. The van der Waals surface area contributed by atoms with Crippen LogP contribution < -0.4 is 10.6 Å². The van der Waals surface area contributed by atoms with E-state index in [4.69, 9.17) is 0 Å². The lowest BCUT2D eigenvalue weighted by Crippen LogP contribution is -2.19. The topological polar surface area (TPSA) is 61.4 Å². The first-order valence-corrected chi connectivity index (χ1v) is 6.79. The Kier molecular flexibility index (Phi) is 4.60. The Morgan fingerprint density at radius 3 is 2.27 bits per heavy atom. The van der Waals surface area contributed by atoms with E-state index in [-0.39, 0.29) is 5.69 Å². The first kappa shape index (κ1) is 16.2. The Morgan fingerprint density at radius 1 is 1.05 bits per heavy atom. The lowest BCUT2D eigenvalue weighted by Gasteiger charge is -2.12. The van der Waals surface area contributed by atoms with Crippen molar-refractivity contribution >= 4 is 33.3 Å². The molecule has 0 atom stereocenters. The molecule has 0 spiro atoms. The first-order chi connectivity index (χ1) is 10.3. The lowest BCUT2D eigenvalue weighted by molar-refractivity contribution is -0.137. The second-order valence-corrected chi connectivity index (χ2v) is 5.14. The maximum Gasteiger partial charge on any atom is 0.416 e. The van der Waals surface area contributed by atoms with Gasteiger partial charge in [-0.05, 0) is 46.3 Å². The number of phenolic OH excluding ortho intramolecular Hbond substituents is 1. The molecule has 22 heavy (non-hydrogen) atoms. The van der Waals surface area contributed by atoms with Crippen molar-refractivity contribution in [2.45, 2.75) is 6.18 Å². The zero-order valence-electron chi connectivity index (χ0n) is 10.9. The average Bonchev–Trinajstić information content (AvgIpc) is 2.42. The quantitative estimate of drug-likeness (QED) is 0.660. The van der Waals surface area contributed by atoms with E-state index in [9.17, 15) is 23.1 Å². The Hall–Kier alpha value is -2.22. The highest BCUT2D eigenvalue weighted by molar-refractivity contribution is 9.10. The number of alkyl halides is 3. The summed E-state index contributed by atoms with van der Waals surface area (Å²) in [5.74, 6) is -0.669. The number of phenols is 1. The summed E-state index contributed by atoms with van der Waals surface area (Å²) in [5, 5.41) is 14.3. The summed E-state index contributed by atoms with van der Waals surface area (Å²) in [4.78, 5) is 11.8. The molecule has 0 saturated carbocycles. The highest BCUT2D eigenvalue weighted by atomic mass is 79.9. The van der Waals surface area contributed by atoms with Gasteiger partial charge in [0.15, 0.2) is 0 Å². The van der Waals surface area contributed by atoms with Gasteiger partial charge in [0.25, 0.3) is 0 Å². The summed E-state index contributed by atoms with van der Waals surface area (Å²) < 4.78 is 38.1. The van der Waals surface area contributed by atoms with Crippen LogP contribution in [0.1, 0.15) is 5.56 Å². The Labute approximate surface area is 132 Å². The summed E-state index contributed by atoms with van der Waals surface area (Å²) >= 11 is 3.24. The minimum absolute atomic E-state index is 0.127. The van der Waals surface area contributed by atoms with Gasteiger partial charge in [0.2, 0.25) is 0 Å². The largest absolute Gasteiger partial charge is 0.506 e. The van der Waals surface area contributed by atoms with Crippen molar-refractivity contribution in [3.8, 4) is 5.75 Å². The average molecular weight is 375 g/mol. The third kappa shape index (κ3) is 3.91. The van der Waals surface area contributed by atoms with E-state index in [1.165, 1.54) is 0 Å². The number of halogens is 4. The number of para-hydroxylation sites is 1. The van der Waals surface area contributed by atoms with Gasteiger partial charge in [-0.1, -0.05) is 12.1 Å². The Balaban J connectivity index is 2.11. The SMILES string of the molecule is O=C(Nc1ccc(C(F)(F)F)cc1O)Nc1ccccc1Br. The van der Waals surface area contributed by atoms with Crippen molar-refractivity contribution in [2.75, 3.05) is 10.6 Å². The van der Waals surface area contributed by atoms with Gasteiger partial charge < -0.3 is 15.7 Å². The fourth-order valence-electron chi connectivity index (χ4n) is 1.65. The molecular weight excluding hydrogens is 365 g/mol. The molecule has 0 aromatic heterocycles. The highest BCUT2D eigenvalue weighted by Crippen LogP contribution is 2.34. The minimum Gasteiger partial charge on any atom is -0.506 e. The monoisotopic (exact) mass is 374 g/mol. The van der Waals surface area contributed by atoms with Gasteiger partial charge in [0.05, 0.1) is 16.9 Å². The molecule has 2 rings (SSSR count). The van der Waals surface area contributed by atoms with Crippen LogP contribution in [-0.2, 0) is 6.18 Å². The number of aromatic hydroxyl groups is 1. The van der Waals surface area contributed by atoms with Crippen molar-refractivity contribution in [1.82, 2.24) is 0 Å². The molecule has 0 bridgehead atoms. The molecule has 8 heteroatoms. The van der Waals surface area contributed by atoms with Crippen molar-refractivity contribution in [2.24, 2.45) is 0 Å².